The van der Waals surface area contributed by atoms with Crippen molar-refractivity contribution in [2.45, 2.75) is 35.7 Å². The summed E-state index contributed by atoms with van der Waals surface area (Å²) in [6.45, 7) is 0.383. The van der Waals surface area contributed by atoms with Crippen molar-refractivity contribution < 1.29 is 18.1 Å². The monoisotopic (exact) mass is 334 g/mol. The first-order valence-corrected chi connectivity index (χ1v) is 8.93. The molecule has 2 unspecified atom stereocenters. The van der Waals surface area contributed by atoms with Crippen molar-refractivity contribution in [3.63, 3.8) is 0 Å². The Hall–Kier alpha value is -1.72. The molecule has 23 heavy (non-hydrogen) atoms. The van der Waals surface area contributed by atoms with E-state index in [4.69, 9.17) is 9.47 Å². The van der Waals surface area contributed by atoms with Crippen molar-refractivity contribution in [2.75, 3.05) is 6.61 Å². The Kier molecular flexibility index (Phi) is 5.41. The lowest BCUT2D eigenvalue weighted by Gasteiger charge is -2.29. The number of hydrogen-bond donors (Lipinski definition) is 0. The van der Waals surface area contributed by atoms with Gasteiger partial charge in [0, 0.05) is 4.90 Å². The lowest BCUT2D eigenvalue weighted by Crippen LogP contribution is -2.34. The molecule has 0 aromatic heterocycles. The maximum atomic E-state index is 12.9. The Morgan fingerprint density at radius 1 is 1.09 bits per heavy atom. The molecule has 1 saturated heterocycles. The van der Waals surface area contributed by atoms with Crippen LogP contribution in [0.4, 0.5) is 4.39 Å². The summed E-state index contributed by atoms with van der Waals surface area (Å²) in [4.78, 5) is 0.789. The van der Waals surface area contributed by atoms with E-state index in [-0.39, 0.29) is 17.4 Å². The van der Waals surface area contributed by atoms with Crippen LogP contribution in [0.15, 0.2) is 59.5 Å². The molecule has 3 atom stereocenters. The second-order valence-electron chi connectivity index (χ2n) is 5.49. The van der Waals surface area contributed by atoms with Crippen molar-refractivity contribution in [2.24, 2.45) is 0 Å². The molecule has 122 valence electrons. The zero-order valence-corrected chi connectivity index (χ0v) is 13.5. The van der Waals surface area contributed by atoms with Crippen molar-refractivity contribution in [3.05, 3.63) is 60.4 Å². The molecule has 0 radical (unpaired) electrons. The summed E-state index contributed by atoms with van der Waals surface area (Å²) in [6, 6.07) is 15.3. The van der Waals surface area contributed by atoms with E-state index in [2.05, 4.69) is 0 Å². The third-order valence-electron chi connectivity index (χ3n) is 3.77. The van der Waals surface area contributed by atoms with Gasteiger partial charge in [-0.05, 0) is 55.7 Å². The number of ether oxygens (including phenoxy) is 2. The normalized spacial score (nSPS) is 22.5. The minimum atomic E-state index is -1.17. The Morgan fingerprint density at radius 2 is 1.83 bits per heavy atom. The molecule has 3 rings (SSSR count). The summed E-state index contributed by atoms with van der Waals surface area (Å²) in [7, 11) is -1.17. The molecule has 1 heterocycles. The van der Waals surface area contributed by atoms with Crippen LogP contribution in [0.2, 0.25) is 0 Å². The van der Waals surface area contributed by atoms with E-state index in [1.165, 1.54) is 12.1 Å². The van der Waals surface area contributed by atoms with Crippen LogP contribution in [0.5, 0.6) is 5.75 Å². The first-order chi connectivity index (χ1) is 11.2. The standard InChI is InChI=1S/C18H19FO3S/c19-14-9-11-15(12-10-14)21-13-16-5-4-8-18(22-16)23(20)17-6-2-1-3-7-17/h1-3,6-7,9-12,16,18H,4-5,8,13H2/t16-,18?,23?/m0/s1. The van der Waals surface area contributed by atoms with E-state index < -0.39 is 10.8 Å². The van der Waals surface area contributed by atoms with Gasteiger partial charge in [-0.3, -0.25) is 4.21 Å². The van der Waals surface area contributed by atoms with Gasteiger partial charge in [-0.25, -0.2) is 4.39 Å². The smallest absolute Gasteiger partial charge is 0.137 e. The summed E-state index contributed by atoms with van der Waals surface area (Å²) in [5.41, 5.74) is -0.298. The summed E-state index contributed by atoms with van der Waals surface area (Å²) in [5.74, 6) is 0.325. The molecule has 0 bridgehead atoms. The van der Waals surface area contributed by atoms with E-state index in [0.717, 1.165) is 24.2 Å². The Labute approximate surface area is 137 Å². The largest absolute Gasteiger partial charge is 0.491 e. The van der Waals surface area contributed by atoms with Crippen molar-refractivity contribution >= 4 is 10.8 Å². The van der Waals surface area contributed by atoms with Crippen LogP contribution in [0.3, 0.4) is 0 Å². The van der Waals surface area contributed by atoms with Gasteiger partial charge in [-0.1, -0.05) is 18.2 Å². The minimum absolute atomic E-state index is 0.0912. The molecule has 5 heteroatoms. The van der Waals surface area contributed by atoms with Gasteiger partial charge in [-0.15, -0.1) is 0 Å². The fourth-order valence-electron chi connectivity index (χ4n) is 2.57. The van der Waals surface area contributed by atoms with E-state index in [0.29, 0.717) is 12.4 Å². The van der Waals surface area contributed by atoms with Gasteiger partial charge < -0.3 is 9.47 Å². The highest BCUT2D eigenvalue weighted by atomic mass is 32.2. The highest BCUT2D eigenvalue weighted by Crippen LogP contribution is 2.25. The van der Waals surface area contributed by atoms with Crippen LogP contribution >= 0.6 is 0 Å². The molecule has 0 saturated carbocycles. The van der Waals surface area contributed by atoms with Crippen molar-refractivity contribution in [1.29, 1.82) is 0 Å². The first kappa shape index (κ1) is 16.1. The number of benzene rings is 2. The lowest BCUT2D eigenvalue weighted by molar-refractivity contribution is -0.0298. The van der Waals surface area contributed by atoms with Gasteiger partial charge in [0.15, 0.2) is 0 Å². The van der Waals surface area contributed by atoms with Crippen molar-refractivity contribution in [3.8, 4) is 5.75 Å². The molecular formula is C18H19FO3S. The maximum Gasteiger partial charge on any atom is 0.137 e. The lowest BCUT2D eigenvalue weighted by atomic mass is 10.1. The SMILES string of the molecule is O=S(c1ccccc1)C1CCC[C@@H](COc2ccc(F)cc2)O1. The number of halogens is 1. The van der Waals surface area contributed by atoms with Crippen LogP contribution in [0.1, 0.15) is 19.3 Å². The Morgan fingerprint density at radius 3 is 2.57 bits per heavy atom. The third kappa shape index (κ3) is 4.39. The summed E-state index contributed by atoms with van der Waals surface area (Å²) < 4.78 is 37.0. The summed E-state index contributed by atoms with van der Waals surface area (Å²) in [6.07, 6.45) is 2.53. The highest BCUT2D eigenvalue weighted by Gasteiger charge is 2.28. The van der Waals surface area contributed by atoms with Gasteiger partial charge >= 0.3 is 0 Å². The van der Waals surface area contributed by atoms with Crippen LogP contribution in [0.25, 0.3) is 0 Å². The molecule has 0 spiro atoms. The molecule has 1 aliphatic rings. The number of hydrogen-bond acceptors (Lipinski definition) is 3. The average Bonchev–Trinajstić information content (AvgIpc) is 2.61. The van der Waals surface area contributed by atoms with Gasteiger partial charge in [-0.2, -0.15) is 0 Å². The second-order valence-corrected chi connectivity index (χ2v) is 7.09. The average molecular weight is 334 g/mol. The molecule has 0 N–H and O–H groups in total. The number of rotatable bonds is 5. The molecule has 2 aromatic rings. The Balaban J connectivity index is 1.56. The summed E-state index contributed by atoms with van der Waals surface area (Å²) >= 11 is 0. The molecule has 3 nitrogen and oxygen atoms in total. The first-order valence-electron chi connectivity index (χ1n) is 7.72. The predicted molar refractivity (Wildman–Crippen MR) is 87.3 cm³/mol. The Bertz CT molecular complexity index is 645. The van der Waals surface area contributed by atoms with Crippen molar-refractivity contribution in [1.82, 2.24) is 0 Å². The third-order valence-corrected chi connectivity index (χ3v) is 5.34. The quantitative estimate of drug-likeness (QED) is 0.832. The molecule has 1 aliphatic heterocycles. The van der Waals surface area contributed by atoms with E-state index in [1.807, 2.05) is 30.3 Å². The van der Waals surface area contributed by atoms with Crippen LogP contribution in [0, 0.1) is 5.82 Å². The van der Waals surface area contributed by atoms with Gasteiger partial charge in [0.05, 0.1) is 16.9 Å². The fraction of sp³-hybridized carbons (Fsp3) is 0.333. The highest BCUT2D eigenvalue weighted by molar-refractivity contribution is 7.85. The predicted octanol–water partition coefficient (Wildman–Crippen LogP) is 3.91. The topological polar surface area (TPSA) is 35.5 Å². The second kappa shape index (κ2) is 7.70. The van der Waals surface area contributed by atoms with E-state index in [9.17, 15) is 8.60 Å². The molecule has 0 aliphatic carbocycles. The molecular weight excluding hydrogens is 315 g/mol. The van der Waals surface area contributed by atoms with Crippen LogP contribution in [-0.2, 0) is 15.5 Å². The minimum Gasteiger partial charge on any atom is -0.491 e. The van der Waals surface area contributed by atoms with Gasteiger partial charge in [0.2, 0.25) is 0 Å². The summed E-state index contributed by atoms with van der Waals surface area (Å²) in [5, 5.41) is 0. The fourth-order valence-corrected chi connectivity index (χ4v) is 3.94. The molecule has 1 fully saturated rings. The van der Waals surface area contributed by atoms with Crippen LogP contribution < -0.4 is 4.74 Å². The maximum absolute atomic E-state index is 12.9. The van der Waals surface area contributed by atoms with Gasteiger partial charge in [0.1, 0.15) is 23.6 Å². The van der Waals surface area contributed by atoms with Crippen LogP contribution in [-0.4, -0.2) is 22.4 Å². The molecule has 2 aromatic carbocycles. The molecule has 0 amide bonds. The van der Waals surface area contributed by atoms with E-state index >= 15 is 0 Å². The van der Waals surface area contributed by atoms with E-state index in [1.54, 1.807) is 12.1 Å². The zero-order valence-electron chi connectivity index (χ0n) is 12.7. The zero-order chi connectivity index (χ0) is 16.1. The van der Waals surface area contributed by atoms with Gasteiger partial charge in [0.25, 0.3) is 0 Å².